The zero-order valence-electron chi connectivity index (χ0n) is 11.6. The van der Waals surface area contributed by atoms with Crippen LogP contribution in [0.4, 0.5) is 20.2 Å². The normalized spacial score (nSPS) is 12.2. The zero-order valence-corrected chi connectivity index (χ0v) is 11.6. The summed E-state index contributed by atoms with van der Waals surface area (Å²) in [6, 6.07) is 10.9. The van der Waals surface area contributed by atoms with Crippen LogP contribution >= 0.6 is 0 Å². The molecule has 2 N–H and O–H groups in total. The Bertz CT molecular complexity index is 597. The standard InChI is InChI=1S/C16H18F2N2/c1-3-20(15-7-5-4-6-13(15)17)16-9-8-12(11(2)19)10-14(16)18/h4-11H,3,19H2,1-2H3/t11-/m0/s1. The number of benzene rings is 2. The van der Waals surface area contributed by atoms with Gasteiger partial charge in [0.1, 0.15) is 11.6 Å². The van der Waals surface area contributed by atoms with Gasteiger partial charge in [-0.25, -0.2) is 8.78 Å². The third-order valence-electron chi connectivity index (χ3n) is 3.25. The molecule has 0 heterocycles. The van der Waals surface area contributed by atoms with E-state index < -0.39 is 5.82 Å². The van der Waals surface area contributed by atoms with Crippen LogP contribution in [0.15, 0.2) is 42.5 Å². The van der Waals surface area contributed by atoms with Gasteiger partial charge in [0.15, 0.2) is 0 Å². The number of hydrogen-bond donors (Lipinski definition) is 1. The zero-order chi connectivity index (χ0) is 14.7. The molecule has 0 aliphatic carbocycles. The number of anilines is 2. The van der Waals surface area contributed by atoms with E-state index in [0.29, 0.717) is 17.9 Å². The third-order valence-corrected chi connectivity index (χ3v) is 3.25. The molecule has 0 saturated heterocycles. The van der Waals surface area contributed by atoms with Gasteiger partial charge in [0.25, 0.3) is 0 Å². The van der Waals surface area contributed by atoms with E-state index >= 15 is 0 Å². The molecule has 0 amide bonds. The van der Waals surface area contributed by atoms with Crippen molar-refractivity contribution in [2.75, 3.05) is 11.4 Å². The second-order valence-electron chi connectivity index (χ2n) is 4.70. The number of nitrogens with zero attached hydrogens (tertiary/aromatic N) is 1. The summed E-state index contributed by atoms with van der Waals surface area (Å²) in [6.07, 6.45) is 0. The van der Waals surface area contributed by atoms with Crippen molar-refractivity contribution < 1.29 is 8.78 Å². The number of halogens is 2. The van der Waals surface area contributed by atoms with Crippen LogP contribution in [-0.4, -0.2) is 6.54 Å². The lowest BCUT2D eigenvalue weighted by molar-refractivity contribution is 0.611. The smallest absolute Gasteiger partial charge is 0.147 e. The Morgan fingerprint density at radius 3 is 2.25 bits per heavy atom. The van der Waals surface area contributed by atoms with Gasteiger partial charge in [0, 0.05) is 12.6 Å². The largest absolute Gasteiger partial charge is 0.337 e. The molecule has 106 valence electrons. The minimum atomic E-state index is -0.398. The van der Waals surface area contributed by atoms with E-state index in [4.69, 9.17) is 5.73 Å². The van der Waals surface area contributed by atoms with E-state index in [9.17, 15) is 8.78 Å². The van der Waals surface area contributed by atoms with E-state index in [-0.39, 0.29) is 11.9 Å². The fraction of sp³-hybridized carbons (Fsp3) is 0.250. The molecular formula is C16H18F2N2. The molecule has 2 aromatic carbocycles. The average Bonchev–Trinajstić information content (AvgIpc) is 2.43. The number of para-hydroxylation sites is 1. The first kappa shape index (κ1) is 14.5. The minimum absolute atomic E-state index is 0.234. The summed E-state index contributed by atoms with van der Waals surface area (Å²) in [6.45, 7) is 4.11. The Morgan fingerprint density at radius 2 is 1.70 bits per heavy atom. The topological polar surface area (TPSA) is 29.3 Å². The highest BCUT2D eigenvalue weighted by Crippen LogP contribution is 2.30. The minimum Gasteiger partial charge on any atom is -0.337 e. The maximum Gasteiger partial charge on any atom is 0.147 e. The van der Waals surface area contributed by atoms with Gasteiger partial charge >= 0.3 is 0 Å². The summed E-state index contributed by atoms with van der Waals surface area (Å²) in [5.74, 6) is -0.769. The summed E-state index contributed by atoms with van der Waals surface area (Å²) < 4.78 is 28.1. The summed E-state index contributed by atoms with van der Waals surface area (Å²) >= 11 is 0. The van der Waals surface area contributed by atoms with Crippen molar-refractivity contribution in [1.82, 2.24) is 0 Å². The highest BCUT2D eigenvalue weighted by molar-refractivity contribution is 5.64. The Kier molecular flexibility index (Phi) is 4.35. The van der Waals surface area contributed by atoms with Crippen LogP contribution in [0.2, 0.25) is 0 Å². The van der Waals surface area contributed by atoms with Gasteiger partial charge < -0.3 is 10.6 Å². The molecule has 4 heteroatoms. The average molecular weight is 276 g/mol. The van der Waals surface area contributed by atoms with E-state index in [1.807, 2.05) is 6.92 Å². The maximum absolute atomic E-state index is 14.2. The van der Waals surface area contributed by atoms with Gasteiger partial charge in [0.05, 0.1) is 11.4 Å². The molecule has 0 fully saturated rings. The Balaban J connectivity index is 2.45. The van der Waals surface area contributed by atoms with Gasteiger partial charge in [-0.1, -0.05) is 18.2 Å². The molecule has 0 aromatic heterocycles. The quantitative estimate of drug-likeness (QED) is 0.909. The summed E-state index contributed by atoms with van der Waals surface area (Å²) in [4.78, 5) is 1.61. The highest BCUT2D eigenvalue weighted by atomic mass is 19.1. The molecule has 0 spiro atoms. The number of rotatable bonds is 4. The van der Waals surface area contributed by atoms with E-state index in [1.165, 1.54) is 12.1 Å². The molecule has 2 nitrogen and oxygen atoms in total. The highest BCUT2D eigenvalue weighted by Gasteiger charge is 2.16. The van der Waals surface area contributed by atoms with Crippen molar-refractivity contribution in [1.29, 1.82) is 0 Å². The molecule has 2 rings (SSSR count). The first-order valence-electron chi connectivity index (χ1n) is 6.61. The van der Waals surface area contributed by atoms with E-state index in [2.05, 4.69) is 0 Å². The van der Waals surface area contributed by atoms with E-state index in [0.717, 1.165) is 5.56 Å². The van der Waals surface area contributed by atoms with E-state index in [1.54, 1.807) is 42.2 Å². The molecule has 0 unspecified atom stereocenters. The van der Waals surface area contributed by atoms with Crippen LogP contribution in [0.1, 0.15) is 25.5 Å². The third kappa shape index (κ3) is 2.80. The van der Waals surface area contributed by atoms with Crippen molar-refractivity contribution in [3.8, 4) is 0 Å². The number of hydrogen-bond acceptors (Lipinski definition) is 2. The monoisotopic (exact) mass is 276 g/mol. The summed E-state index contributed by atoms with van der Waals surface area (Å²) in [5, 5.41) is 0. The molecular weight excluding hydrogens is 258 g/mol. The molecule has 1 atom stereocenters. The van der Waals surface area contributed by atoms with Gasteiger partial charge in [-0.05, 0) is 43.7 Å². The lowest BCUT2D eigenvalue weighted by atomic mass is 10.1. The fourth-order valence-corrected chi connectivity index (χ4v) is 2.17. The predicted octanol–water partition coefficient (Wildman–Crippen LogP) is 4.14. The first-order valence-corrected chi connectivity index (χ1v) is 6.61. The molecule has 0 radical (unpaired) electrons. The number of nitrogens with two attached hydrogens (primary N) is 1. The van der Waals surface area contributed by atoms with Gasteiger partial charge in [-0.2, -0.15) is 0 Å². The van der Waals surface area contributed by atoms with Crippen LogP contribution in [0.5, 0.6) is 0 Å². The van der Waals surface area contributed by atoms with Gasteiger partial charge in [-0.15, -0.1) is 0 Å². The van der Waals surface area contributed by atoms with Crippen molar-refractivity contribution in [3.05, 3.63) is 59.7 Å². The summed E-state index contributed by atoms with van der Waals surface area (Å²) in [5.41, 5.74) is 7.17. The Hall–Kier alpha value is -1.94. The second-order valence-corrected chi connectivity index (χ2v) is 4.70. The van der Waals surface area contributed by atoms with Crippen molar-refractivity contribution in [2.24, 2.45) is 5.73 Å². The molecule has 0 aliphatic rings. The second kappa shape index (κ2) is 6.01. The van der Waals surface area contributed by atoms with Gasteiger partial charge in [0.2, 0.25) is 0 Å². The maximum atomic E-state index is 14.2. The molecule has 0 bridgehead atoms. The van der Waals surface area contributed by atoms with Crippen LogP contribution in [0.3, 0.4) is 0 Å². The van der Waals surface area contributed by atoms with Crippen molar-refractivity contribution in [3.63, 3.8) is 0 Å². The van der Waals surface area contributed by atoms with Gasteiger partial charge in [-0.3, -0.25) is 0 Å². The first-order chi connectivity index (χ1) is 9.54. The lowest BCUT2D eigenvalue weighted by Crippen LogP contribution is -2.19. The summed E-state index contributed by atoms with van der Waals surface area (Å²) in [7, 11) is 0. The van der Waals surface area contributed by atoms with Crippen molar-refractivity contribution >= 4 is 11.4 Å². The van der Waals surface area contributed by atoms with Crippen LogP contribution in [0, 0.1) is 11.6 Å². The Morgan fingerprint density at radius 1 is 1.05 bits per heavy atom. The van der Waals surface area contributed by atoms with Crippen LogP contribution < -0.4 is 10.6 Å². The molecule has 0 saturated carbocycles. The van der Waals surface area contributed by atoms with Crippen molar-refractivity contribution in [2.45, 2.75) is 19.9 Å². The van der Waals surface area contributed by atoms with Crippen LogP contribution in [0.25, 0.3) is 0 Å². The fourth-order valence-electron chi connectivity index (χ4n) is 2.17. The molecule has 2 aromatic rings. The Labute approximate surface area is 117 Å². The lowest BCUT2D eigenvalue weighted by Gasteiger charge is -2.24. The molecule has 20 heavy (non-hydrogen) atoms. The SMILES string of the molecule is CCN(c1ccccc1F)c1ccc([C@H](C)N)cc1F. The predicted molar refractivity (Wildman–Crippen MR) is 78.1 cm³/mol. The van der Waals surface area contributed by atoms with Crippen LogP contribution in [-0.2, 0) is 0 Å². The molecule has 0 aliphatic heterocycles.